The van der Waals surface area contributed by atoms with Crippen LogP contribution in [-0.4, -0.2) is 24.6 Å². The minimum atomic E-state index is -10.7. The molecule has 0 bridgehead atoms. The Hall–Kier alpha value is 0.440. The van der Waals surface area contributed by atoms with Gasteiger partial charge in [-0.2, -0.15) is 0 Å². The van der Waals surface area contributed by atoms with Crippen molar-refractivity contribution in [1.29, 1.82) is 0 Å². The summed E-state index contributed by atoms with van der Waals surface area (Å²) in [4.78, 5) is 0. The summed E-state index contributed by atoms with van der Waals surface area (Å²) in [7, 11) is -11.4. The average molecular weight is 853 g/mol. The van der Waals surface area contributed by atoms with Gasteiger partial charge in [0.1, 0.15) is 0 Å². The number of unbranched alkanes of at least 4 members (excludes halogenated alkanes) is 36. The van der Waals surface area contributed by atoms with Crippen molar-refractivity contribution in [2.45, 2.75) is 285 Å². The molecule has 0 aromatic rings. The van der Waals surface area contributed by atoms with Crippen LogP contribution in [0.2, 0.25) is 0 Å². The van der Waals surface area contributed by atoms with Crippen molar-refractivity contribution in [3.05, 3.63) is 0 Å². The van der Waals surface area contributed by atoms with Gasteiger partial charge >= 0.3 is 33.0 Å². The Labute approximate surface area is 348 Å². The summed E-state index contributed by atoms with van der Waals surface area (Å²) in [6, 6.07) is 0. The molecule has 0 unspecified atom stereocenters. The van der Waals surface area contributed by atoms with Crippen LogP contribution < -0.4 is 0 Å². The van der Waals surface area contributed by atoms with Crippen molar-refractivity contribution in [1.82, 2.24) is 0 Å². The predicted octanol–water partition coefficient (Wildman–Crippen LogP) is 22.1. The van der Waals surface area contributed by atoms with Crippen LogP contribution >= 0.6 is 15.1 Å². The quantitative estimate of drug-likeness (QED) is 0.0325. The summed E-state index contributed by atoms with van der Waals surface area (Å²) < 4.78 is 59.2. The fraction of sp³-hybridized carbons (Fsp3) is 1.00. The van der Waals surface area contributed by atoms with E-state index in [1.165, 1.54) is 231 Å². The summed E-state index contributed by atoms with van der Waals surface area (Å²) in [5.41, 5.74) is 0. The van der Waals surface area contributed by atoms with Crippen molar-refractivity contribution in [2.24, 2.45) is 0 Å². The second kappa shape index (κ2) is 38.4. The van der Waals surface area contributed by atoms with Crippen LogP contribution in [0.1, 0.15) is 285 Å². The molecule has 0 N–H and O–H groups in total. The Bertz CT molecular complexity index is 660. The van der Waals surface area contributed by atoms with Gasteiger partial charge < -0.3 is 0 Å². The van der Waals surface area contributed by atoms with Crippen LogP contribution in [0.3, 0.4) is 0 Å². The second-order valence-electron chi connectivity index (χ2n) is 17.9. The first-order valence-electron chi connectivity index (χ1n) is 25.1. The standard InChI is InChI=1S/C48H100P.F6P/c1-5-9-13-17-21-25-29-33-37-41-45-49(46-42-38-34-30-26-22-18-14-10-6-2,47-43-39-35-31-27-23-19-15-11-7-3)48-44-40-36-32-28-24-20-16-12-8-4;1-7(2,3,4,5)6/h5-48H2,1-4H3;/q+1;-1. The van der Waals surface area contributed by atoms with Gasteiger partial charge in [-0.3, -0.25) is 0 Å². The summed E-state index contributed by atoms with van der Waals surface area (Å²) >= 11 is 0. The molecule has 344 valence electrons. The SMILES string of the molecule is CCCCCCCCCCCC[P+](CCCCCCCCCCCC)(CCCCCCCCCCCC)CCCCCCCCCCCC.F[P-](F)(F)(F)(F)F. The van der Waals surface area contributed by atoms with Crippen molar-refractivity contribution in [2.75, 3.05) is 24.6 Å². The third-order valence-corrected chi connectivity index (χ3v) is 17.0. The zero-order chi connectivity index (χ0) is 42.0. The van der Waals surface area contributed by atoms with Crippen molar-refractivity contribution >= 4 is 15.1 Å². The Balaban J connectivity index is 0. The molecular formula is C48H100F6P2. The van der Waals surface area contributed by atoms with Crippen molar-refractivity contribution in [3.8, 4) is 0 Å². The minimum absolute atomic E-state index is 0.792. The third-order valence-electron chi connectivity index (χ3n) is 11.9. The van der Waals surface area contributed by atoms with E-state index in [1.807, 2.05) is 0 Å². The Kier molecular flexibility index (Phi) is 40.1. The second-order valence-corrected chi connectivity index (χ2v) is 24.3. The van der Waals surface area contributed by atoms with Gasteiger partial charge in [-0.25, -0.2) is 0 Å². The van der Waals surface area contributed by atoms with E-state index in [0.29, 0.717) is 0 Å². The monoisotopic (exact) mass is 853 g/mol. The summed E-state index contributed by atoms with van der Waals surface area (Å²) in [6.07, 6.45) is 66.2. The molecule has 0 aliphatic heterocycles. The van der Waals surface area contributed by atoms with E-state index in [0.717, 1.165) is 0 Å². The molecule has 0 saturated heterocycles. The molecule has 0 amide bonds. The first-order chi connectivity index (χ1) is 26.7. The van der Waals surface area contributed by atoms with Gasteiger partial charge in [-0.15, -0.1) is 0 Å². The van der Waals surface area contributed by atoms with Crippen molar-refractivity contribution < 1.29 is 25.2 Å². The number of hydrogen-bond donors (Lipinski definition) is 0. The fourth-order valence-corrected chi connectivity index (χ4v) is 13.3. The molecule has 0 radical (unpaired) electrons. The molecule has 0 saturated carbocycles. The van der Waals surface area contributed by atoms with Gasteiger partial charge in [0.05, 0.1) is 24.6 Å². The summed E-state index contributed by atoms with van der Waals surface area (Å²) in [6.45, 7) is 9.36. The maximum absolute atomic E-state index is 10.7. The van der Waals surface area contributed by atoms with E-state index < -0.39 is 15.1 Å². The molecule has 0 aliphatic carbocycles. The van der Waals surface area contributed by atoms with Crippen LogP contribution in [0, 0.1) is 0 Å². The average Bonchev–Trinajstić information content (AvgIpc) is 3.13. The van der Waals surface area contributed by atoms with E-state index in [4.69, 9.17) is 0 Å². The van der Waals surface area contributed by atoms with Gasteiger partial charge in [0.15, 0.2) is 0 Å². The normalized spacial score (nSPS) is 13.4. The zero-order valence-electron chi connectivity index (χ0n) is 38.3. The van der Waals surface area contributed by atoms with Crippen LogP contribution in [-0.2, 0) is 0 Å². The van der Waals surface area contributed by atoms with Crippen molar-refractivity contribution in [3.63, 3.8) is 0 Å². The molecule has 0 rings (SSSR count). The molecule has 8 heteroatoms. The summed E-state index contributed by atoms with van der Waals surface area (Å²) in [5, 5.41) is 0. The molecular weight excluding hydrogens is 752 g/mol. The number of hydrogen-bond acceptors (Lipinski definition) is 0. The number of rotatable bonds is 44. The topological polar surface area (TPSA) is 0 Å². The van der Waals surface area contributed by atoms with E-state index >= 15 is 0 Å². The Morgan fingerprint density at radius 3 is 0.446 bits per heavy atom. The van der Waals surface area contributed by atoms with Gasteiger partial charge in [0, 0.05) is 7.26 Å². The van der Waals surface area contributed by atoms with Gasteiger partial charge in [0.25, 0.3) is 0 Å². The van der Waals surface area contributed by atoms with Crippen LogP contribution in [0.4, 0.5) is 25.2 Å². The van der Waals surface area contributed by atoms with Gasteiger partial charge in [-0.1, -0.05) is 233 Å². The van der Waals surface area contributed by atoms with E-state index in [-0.39, 0.29) is 0 Å². The van der Waals surface area contributed by atoms with E-state index in [9.17, 15) is 25.2 Å². The third kappa shape index (κ3) is 56.5. The molecule has 0 fully saturated rings. The molecule has 0 aliphatic rings. The first-order valence-corrected chi connectivity index (χ1v) is 29.7. The molecule has 0 aromatic heterocycles. The maximum atomic E-state index is 9.87. The van der Waals surface area contributed by atoms with Crippen LogP contribution in [0.5, 0.6) is 0 Å². The Morgan fingerprint density at radius 1 is 0.214 bits per heavy atom. The molecule has 0 atom stereocenters. The molecule has 0 spiro atoms. The van der Waals surface area contributed by atoms with Gasteiger partial charge in [0.2, 0.25) is 0 Å². The molecule has 0 heterocycles. The molecule has 0 aromatic carbocycles. The molecule has 0 nitrogen and oxygen atoms in total. The first kappa shape index (κ1) is 58.5. The van der Waals surface area contributed by atoms with Crippen LogP contribution in [0.25, 0.3) is 0 Å². The van der Waals surface area contributed by atoms with E-state index in [1.54, 1.807) is 50.3 Å². The molecule has 56 heavy (non-hydrogen) atoms. The summed E-state index contributed by atoms with van der Waals surface area (Å²) in [5.74, 6) is 0. The van der Waals surface area contributed by atoms with E-state index in [2.05, 4.69) is 27.7 Å². The number of halogens is 6. The van der Waals surface area contributed by atoms with Gasteiger partial charge in [-0.05, 0) is 51.4 Å². The zero-order valence-corrected chi connectivity index (χ0v) is 40.1. The fourth-order valence-electron chi connectivity index (χ4n) is 8.41. The Morgan fingerprint density at radius 2 is 0.321 bits per heavy atom. The predicted molar refractivity (Wildman–Crippen MR) is 247 cm³/mol. The van der Waals surface area contributed by atoms with Crippen LogP contribution in [0.15, 0.2) is 0 Å².